The van der Waals surface area contributed by atoms with E-state index in [2.05, 4.69) is 14.8 Å². The Morgan fingerprint density at radius 1 is 1.44 bits per heavy atom. The maximum atomic E-state index is 5.98. The molecule has 0 unspecified atom stereocenters. The third-order valence-electron chi connectivity index (χ3n) is 3.83. The molecule has 5 nitrogen and oxygen atoms in total. The van der Waals surface area contributed by atoms with E-state index in [1.807, 2.05) is 6.33 Å². The van der Waals surface area contributed by atoms with Gasteiger partial charge < -0.3 is 15.0 Å². The summed E-state index contributed by atoms with van der Waals surface area (Å²) in [5.41, 5.74) is 5.98. The van der Waals surface area contributed by atoms with E-state index in [0.29, 0.717) is 12.6 Å². The highest BCUT2D eigenvalue weighted by molar-refractivity contribution is 5.12. The van der Waals surface area contributed by atoms with Crippen molar-refractivity contribution in [3.63, 3.8) is 0 Å². The fourth-order valence-electron chi connectivity index (χ4n) is 2.52. The van der Waals surface area contributed by atoms with Gasteiger partial charge >= 0.3 is 0 Å². The molecule has 3 rings (SSSR count). The molecule has 88 valence electrons. The summed E-state index contributed by atoms with van der Waals surface area (Å²) in [6, 6.07) is 0.622. The molecular formula is C11H18N4O. The lowest BCUT2D eigenvalue weighted by atomic mass is 9.79. The number of rotatable bonds is 3. The van der Waals surface area contributed by atoms with Gasteiger partial charge in [0.05, 0.1) is 0 Å². The van der Waals surface area contributed by atoms with Crippen LogP contribution in [0.15, 0.2) is 6.33 Å². The van der Waals surface area contributed by atoms with Crippen molar-refractivity contribution in [3.8, 4) is 0 Å². The van der Waals surface area contributed by atoms with Crippen LogP contribution in [0.2, 0.25) is 0 Å². The number of nitrogens with zero attached hydrogens (tertiary/aromatic N) is 3. The van der Waals surface area contributed by atoms with Gasteiger partial charge in [0.15, 0.2) is 0 Å². The summed E-state index contributed by atoms with van der Waals surface area (Å²) >= 11 is 0. The van der Waals surface area contributed by atoms with E-state index >= 15 is 0 Å². The molecular weight excluding hydrogens is 204 g/mol. The Labute approximate surface area is 95.0 Å². The smallest absolute Gasteiger partial charge is 0.140 e. The van der Waals surface area contributed by atoms with Crippen molar-refractivity contribution in [3.05, 3.63) is 12.2 Å². The van der Waals surface area contributed by atoms with Gasteiger partial charge in [-0.15, -0.1) is 10.2 Å². The SMILES string of the molecule is NCC1(c2nncn2C2CC2)CCOCC1. The molecule has 1 aromatic rings. The summed E-state index contributed by atoms with van der Waals surface area (Å²) in [6.07, 6.45) is 6.30. The highest BCUT2D eigenvalue weighted by atomic mass is 16.5. The Balaban J connectivity index is 1.95. The summed E-state index contributed by atoms with van der Waals surface area (Å²) in [4.78, 5) is 0. The second-order valence-corrected chi connectivity index (χ2v) is 4.89. The van der Waals surface area contributed by atoms with E-state index in [4.69, 9.17) is 10.5 Å². The minimum atomic E-state index is -0.00264. The Hall–Kier alpha value is -0.940. The molecule has 0 amide bonds. The molecule has 2 fully saturated rings. The summed E-state index contributed by atoms with van der Waals surface area (Å²) in [5.74, 6) is 1.08. The van der Waals surface area contributed by atoms with Crippen molar-refractivity contribution in [1.29, 1.82) is 0 Å². The third kappa shape index (κ3) is 1.55. The van der Waals surface area contributed by atoms with Crippen LogP contribution >= 0.6 is 0 Å². The monoisotopic (exact) mass is 222 g/mol. The van der Waals surface area contributed by atoms with Crippen LogP contribution in [0, 0.1) is 0 Å². The highest BCUT2D eigenvalue weighted by Crippen LogP contribution is 2.40. The molecule has 1 saturated carbocycles. The molecule has 0 atom stereocenters. The molecule has 2 heterocycles. The van der Waals surface area contributed by atoms with Crippen molar-refractivity contribution in [2.24, 2.45) is 5.73 Å². The highest BCUT2D eigenvalue weighted by Gasteiger charge is 2.40. The molecule has 0 spiro atoms. The van der Waals surface area contributed by atoms with E-state index in [1.54, 1.807) is 0 Å². The Morgan fingerprint density at radius 3 is 2.81 bits per heavy atom. The van der Waals surface area contributed by atoms with Crippen LogP contribution in [0.4, 0.5) is 0 Å². The predicted octanol–water partition coefficient (Wildman–Crippen LogP) is 0.620. The van der Waals surface area contributed by atoms with E-state index < -0.39 is 0 Å². The van der Waals surface area contributed by atoms with Crippen LogP contribution < -0.4 is 5.73 Å². The van der Waals surface area contributed by atoms with Gasteiger partial charge in [-0.05, 0) is 25.7 Å². The molecule has 16 heavy (non-hydrogen) atoms. The van der Waals surface area contributed by atoms with Crippen molar-refractivity contribution in [2.45, 2.75) is 37.1 Å². The lowest BCUT2D eigenvalue weighted by Crippen LogP contribution is -2.42. The van der Waals surface area contributed by atoms with Gasteiger partial charge in [-0.3, -0.25) is 0 Å². The van der Waals surface area contributed by atoms with Crippen LogP contribution in [0.25, 0.3) is 0 Å². The van der Waals surface area contributed by atoms with Gasteiger partial charge in [-0.1, -0.05) is 0 Å². The Morgan fingerprint density at radius 2 is 2.19 bits per heavy atom. The molecule has 5 heteroatoms. The molecule has 1 saturated heterocycles. The van der Waals surface area contributed by atoms with Gasteiger partial charge in [0.2, 0.25) is 0 Å². The van der Waals surface area contributed by atoms with Crippen molar-refractivity contribution < 1.29 is 4.74 Å². The number of hydrogen-bond donors (Lipinski definition) is 1. The lowest BCUT2D eigenvalue weighted by Gasteiger charge is -2.35. The summed E-state index contributed by atoms with van der Waals surface area (Å²) in [5, 5.41) is 8.39. The number of aromatic nitrogens is 3. The summed E-state index contributed by atoms with van der Waals surface area (Å²) in [7, 11) is 0. The first-order valence-electron chi connectivity index (χ1n) is 6.03. The zero-order chi connectivity index (χ0) is 11.0. The zero-order valence-corrected chi connectivity index (χ0v) is 9.43. The first-order chi connectivity index (χ1) is 7.86. The van der Waals surface area contributed by atoms with Gasteiger partial charge in [0.1, 0.15) is 12.2 Å². The maximum Gasteiger partial charge on any atom is 0.140 e. The first-order valence-corrected chi connectivity index (χ1v) is 6.03. The molecule has 1 aromatic heterocycles. The second kappa shape index (κ2) is 3.82. The molecule has 1 aliphatic heterocycles. The first kappa shape index (κ1) is 10.2. The van der Waals surface area contributed by atoms with E-state index in [9.17, 15) is 0 Å². The van der Waals surface area contributed by atoms with E-state index in [1.165, 1.54) is 12.8 Å². The zero-order valence-electron chi connectivity index (χ0n) is 9.43. The Bertz CT molecular complexity index is 366. The van der Waals surface area contributed by atoms with Gasteiger partial charge in [-0.2, -0.15) is 0 Å². The minimum absolute atomic E-state index is 0.00264. The van der Waals surface area contributed by atoms with Crippen LogP contribution in [-0.2, 0) is 10.2 Å². The van der Waals surface area contributed by atoms with Crippen LogP contribution in [0.1, 0.15) is 37.5 Å². The maximum absolute atomic E-state index is 5.98. The largest absolute Gasteiger partial charge is 0.381 e. The molecule has 1 aliphatic carbocycles. The lowest BCUT2D eigenvalue weighted by molar-refractivity contribution is 0.0485. The molecule has 2 N–H and O–H groups in total. The molecule has 0 radical (unpaired) electrons. The number of nitrogens with two attached hydrogens (primary N) is 1. The topological polar surface area (TPSA) is 66.0 Å². The summed E-state index contributed by atoms with van der Waals surface area (Å²) < 4.78 is 7.66. The molecule has 0 aromatic carbocycles. The summed E-state index contributed by atoms with van der Waals surface area (Å²) in [6.45, 7) is 2.21. The normalized spacial score (nSPS) is 24.6. The Kier molecular flexibility index (Phi) is 2.44. The predicted molar refractivity (Wildman–Crippen MR) is 59.1 cm³/mol. The van der Waals surface area contributed by atoms with Crippen LogP contribution in [-0.4, -0.2) is 34.5 Å². The quantitative estimate of drug-likeness (QED) is 0.814. The third-order valence-corrected chi connectivity index (χ3v) is 3.83. The van der Waals surface area contributed by atoms with Crippen molar-refractivity contribution in [2.75, 3.05) is 19.8 Å². The average Bonchev–Trinajstić information content (AvgIpc) is 3.07. The number of hydrogen-bond acceptors (Lipinski definition) is 4. The minimum Gasteiger partial charge on any atom is -0.381 e. The second-order valence-electron chi connectivity index (χ2n) is 4.89. The fraction of sp³-hybridized carbons (Fsp3) is 0.818. The molecule has 2 aliphatic rings. The van der Waals surface area contributed by atoms with Gasteiger partial charge in [0, 0.05) is 31.2 Å². The average molecular weight is 222 g/mol. The van der Waals surface area contributed by atoms with E-state index in [0.717, 1.165) is 31.9 Å². The van der Waals surface area contributed by atoms with Crippen LogP contribution in [0.3, 0.4) is 0 Å². The standard InChI is InChI=1S/C11H18N4O/c12-7-11(3-5-16-6-4-11)10-14-13-8-15(10)9-1-2-9/h8-9H,1-7,12H2. The molecule has 0 bridgehead atoms. The van der Waals surface area contributed by atoms with Crippen LogP contribution in [0.5, 0.6) is 0 Å². The van der Waals surface area contributed by atoms with Crippen molar-refractivity contribution >= 4 is 0 Å². The van der Waals surface area contributed by atoms with Gasteiger partial charge in [-0.25, -0.2) is 0 Å². The number of ether oxygens (including phenoxy) is 1. The van der Waals surface area contributed by atoms with Gasteiger partial charge in [0.25, 0.3) is 0 Å². The van der Waals surface area contributed by atoms with Crippen molar-refractivity contribution in [1.82, 2.24) is 14.8 Å². The fourth-order valence-corrected chi connectivity index (χ4v) is 2.52. The van der Waals surface area contributed by atoms with E-state index in [-0.39, 0.29) is 5.41 Å².